The normalized spacial score (nSPS) is 14.1. The highest BCUT2D eigenvalue weighted by Crippen LogP contribution is 2.40. The molecule has 0 amide bonds. The van der Waals surface area contributed by atoms with Crippen LogP contribution in [0, 0.1) is 0 Å². The molecule has 75 valence electrons. The van der Waals surface area contributed by atoms with E-state index in [0.717, 1.165) is 17.9 Å². The first-order valence-corrected chi connectivity index (χ1v) is 6.58. The van der Waals surface area contributed by atoms with Crippen molar-refractivity contribution in [2.24, 2.45) is 0 Å². The predicted molar refractivity (Wildman–Crippen MR) is 64.7 cm³/mol. The Bertz CT molecular complexity index is 505. The lowest BCUT2D eigenvalue weighted by Crippen LogP contribution is -1.83. The second kappa shape index (κ2) is 3.54. The second-order valence-electron chi connectivity index (χ2n) is 3.39. The molecule has 15 heavy (non-hydrogen) atoms. The fraction of sp³-hybridized carbons (Fsp3) is 0.182. The number of thioether (sulfide) groups is 1. The third kappa shape index (κ3) is 1.54. The summed E-state index contributed by atoms with van der Waals surface area (Å²) in [5.41, 5.74) is 9.84. The SMILES string of the molecule is [NH]c1nc2c(s1)CCSc1ccccc1-2. The maximum absolute atomic E-state index is 7.60. The van der Waals surface area contributed by atoms with Crippen LogP contribution in [0.2, 0.25) is 0 Å². The fourth-order valence-electron chi connectivity index (χ4n) is 1.77. The molecule has 0 fully saturated rings. The quantitative estimate of drug-likeness (QED) is 0.699. The monoisotopic (exact) mass is 233 g/mol. The molecular weight excluding hydrogens is 224 g/mol. The van der Waals surface area contributed by atoms with Gasteiger partial charge in [0.15, 0.2) is 0 Å². The van der Waals surface area contributed by atoms with Gasteiger partial charge in [0.25, 0.3) is 0 Å². The molecule has 0 aliphatic carbocycles. The van der Waals surface area contributed by atoms with E-state index in [-0.39, 0.29) is 0 Å². The molecule has 1 aromatic heterocycles. The van der Waals surface area contributed by atoms with E-state index in [9.17, 15) is 0 Å². The topological polar surface area (TPSA) is 36.7 Å². The largest absolute Gasteiger partial charge is 0.274 e. The molecule has 1 aliphatic heterocycles. The number of hydrogen-bond donors (Lipinski definition) is 0. The van der Waals surface area contributed by atoms with Gasteiger partial charge in [0.2, 0.25) is 5.13 Å². The number of rotatable bonds is 0. The lowest BCUT2D eigenvalue weighted by molar-refractivity contribution is 1.19. The molecule has 0 unspecified atom stereocenters. The van der Waals surface area contributed by atoms with Crippen LogP contribution in [-0.4, -0.2) is 10.7 Å². The lowest BCUT2D eigenvalue weighted by atomic mass is 10.1. The van der Waals surface area contributed by atoms with Gasteiger partial charge in [-0.3, -0.25) is 5.73 Å². The number of hydrogen-bond acceptors (Lipinski definition) is 3. The summed E-state index contributed by atoms with van der Waals surface area (Å²) in [4.78, 5) is 6.88. The number of fused-ring (bicyclic) bond motifs is 3. The van der Waals surface area contributed by atoms with E-state index in [0.29, 0.717) is 5.13 Å². The molecule has 3 rings (SSSR count). The molecule has 2 aromatic rings. The molecule has 1 radical (unpaired) electrons. The Morgan fingerprint density at radius 1 is 1.27 bits per heavy atom. The van der Waals surface area contributed by atoms with Gasteiger partial charge in [0.1, 0.15) is 0 Å². The van der Waals surface area contributed by atoms with Gasteiger partial charge in [0.05, 0.1) is 5.69 Å². The molecule has 4 heteroatoms. The van der Waals surface area contributed by atoms with E-state index in [4.69, 9.17) is 5.73 Å². The standard InChI is InChI=1S/C11H9N2S2/c12-11-13-10-7-3-1-2-4-8(7)14-6-5-9(10)15-11/h1-4,12H,5-6H2. The van der Waals surface area contributed by atoms with Gasteiger partial charge >= 0.3 is 0 Å². The average Bonchev–Trinajstić information content (AvgIpc) is 2.52. The minimum Gasteiger partial charge on any atom is -0.274 e. The third-order valence-electron chi connectivity index (χ3n) is 2.43. The summed E-state index contributed by atoms with van der Waals surface area (Å²) in [7, 11) is 0. The van der Waals surface area contributed by atoms with Crippen molar-refractivity contribution in [3.8, 4) is 11.3 Å². The van der Waals surface area contributed by atoms with E-state index in [1.165, 1.54) is 26.7 Å². The zero-order valence-corrected chi connectivity index (χ0v) is 9.62. The van der Waals surface area contributed by atoms with Crippen molar-refractivity contribution in [2.75, 3.05) is 5.75 Å². The van der Waals surface area contributed by atoms with Crippen molar-refractivity contribution >= 4 is 28.2 Å². The van der Waals surface area contributed by atoms with E-state index < -0.39 is 0 Å². The fourth-order valence-corrected chi connectivity index (χ4v) is 3.75. The van der Waals surface area contributed by atoms with Crippen molar-refractivity contribution in [2.45, 2.75) is 11.3 Å². The molecular formula is C11H9N2S2. The molecule has 0 spiro atoms. The summed E-state index contributed by atoms with van der Waals surface area (Å²) in [6.45, 7) is 0. The van der Waals surface area contributed by atoms with Gasteiger partial charge in [-0.15, -0.1) is 11.8 Å². The van der Waals surface area contributed by atoms with E-state index in [2.05, 4.69) is 23.2 Å². The van der Waals surface area contributed by atoms with Gasteiger partial charge in [-0.1, -0.05) is 29.5 Å². The van der Waals surface area contributed by atoms with Crippen LogP contribution in [-0.2, 0) is 6.42 Å². The van der Waals surface area contributed by atoms with Gasteiger partial charge in [-0.05, 0) is 12.5 Å². The van der Waals surface area contributed by atoms with Crippen molar-refractivity contribution in [3.05, 3.63) is 29.1 Å². The molecule has 2 nitrogen and oxygen atoms in total. The molecule has 0 saturated carbocycles. The molecule has 0 bridgehead atoms. The molecule has 1 aromatic carbocycles. The van der Waals surface area contributed by atoms with Crippen LogP contribution in [0.4, 0.5) is 5.13 Å². The van der Waals surface area contributed by atoms with Crippen LogP contribution < -0.4 is 5.73 Å². The summed E-state index contributed by atoms with van der Waals surface area (Å²) in [5.74, 6) is 1.09. The van der Waals surface area contributed by atoms with Gasteiger partial charge in [0, 0.05) is 21.1 Å². The van der Waals surface area contributed by atoms with Crippen molar-refractivity contribution in [1.82, 2.24) is 10.7 Å². The number of thiazole rings is 1. The number of benzene rings is 1. The Balaban J connectivity index is 2.26. The Morgan fingerprint density at radius 2 is 2.13 bits per heavy atom. The average molecular weight is 233 g/mol. The Hall–Kier alpha value is -1.00. The van der Waals surface area contributed by atoms with E-state index in [1.807, 2.05) is 17.8 Å². The third-order valence-corrected chi connectivity index (χ3v) is 4.43. The summed E-state index contributed by atoms with van der Waals surface area (Å²) in [6.07, 6.45) is 1.03. The van der Waals surface area contributed by atoms with E-state index in [1.54, 1.807) is 0 Å². The summed E-state index contributed by atoms with van der Waals surface area (Å²) >= 11 is 3.39. The van der Waals surface area contributed by atoms with Crippen LogP contribution in [0.3, 0.4) is 0 Å². The zero-order valence-electron chi connectivity index (χ0n) is 7.99. The summed E-state index contributed by atoms with van der Waals surface area (Å²) in [6, 6.07) is 8.34. The first-order chi connectivity index (χ1) is 7.34. The van der Waals surface area contributed by atoms with Crippen molar-refractivity contribution in [3.63, 3.8) is 0 Å². The van der Waals surface area contributed by atoms with Crippen LogP contribution in [0.25, 0.3) is 11.3 Å². The second-order valence-corrected chi connectivity index (χ2v) is 5.61. The molecule has 0 saturated heterocycles. The molecule has 1 aliphatic rings. The molecule has 0 atom stereocenters. The number of nitrogens with zero attached hydrogens (tertiary/aromatic N) is 1. The van der Waals surface area contributed by atoms with Crippen LogP contribution in [0.15, 0.2) is 29.2 Å². The maximum atomic E-state index is 7.60. The van der Waals surface area contributed by atoms with Crippen LogP contribution in [0.1, 0.15) is 4.88 Å². The number of aryl methyl sites for hydroxylation is 1. The highest BCUT2D eigenvalue weighted by Gasteiger charge is 2.18. The molecule has 1 N–H and O–H groups in total. The minimum atomic E-state index is 0.432. The predicted octanol–water partition coefficient (Wildman–Crippen LogP) is 3.37. The smallest absolute Gasteiger partial charge is 0.202 e. The van der Waals surface area contributed by atoms with Crippen LogP contribution >= 0.6 is 23.1 Å². The minimum absolute atomic E-state index is 0.432. The first-order valence-electron chi connectivity index (χ1n) is 4.78. The number of aromatic nitrogens is 1. The van der Waals surface area contributed by atoms with Gasteiger partial charge < -0.3 is 0 Å². The molecule has 2 heterocycles. The Morgan fingerprint density at radius 3 is 3.07 bits per heavy atom. The van der Waals surface area contributed by atoms with Crippen molar-refractivity contribution < 1.29 is 0 Å². The Kier molecular flexibility index (Phi) is 2.18. The highest BCUT2D eigenvalue weighted by atomic mass is 32.2. The van der Waals surface area contributed by atoms with Crippen molar-refractivity contribution in [1.29, 1.82) is 0 Å². The highest BCUT2D eigenvalue weighted by molar-refractivity contribution is 7.99. The van der Waals surface area contributed by atoms with Gasteiger partial charge in [-0.2, -0.15) is 0 Å². The lowest BCUT2D eigenvalue weighted by Gasteiger charge is -2.02. The number of nitrogens with one attached hydrogen (secondary N) is 1. The van der Waals surface area contributed by atoms with Gasteiger partial charge in [-0.25, -0.2) is 4.98 Å². The van der Waals surface area contributed by atoms with Crippen LogP contribution in [0.5, 0.6) is 0 Å². The summed E-state index contributed by atoms with van der Waals surface area (Å²) < 4.78 is 0. The Labute approximate surface area is 96.5 Å². The zero-order chi connectivity index (χ0) is 10.3. The first kappa shape index (κ1) is 9.24. The maximum Gasteiger partial charge on any atom is 0.202 e. The summed E-state index contributed by atoms with van der Waals surface area (Å²) in [5, 5.41) is 0.432. The van der Waals surface area contributed by atoms with E-state index >= 15 is 0 Å².